The van der Waals surface area contributed by atoms with Crippen LogP contribution in [0, 0.1) is 17.8 Å². The molecular weight excluding hydrogens is 332 g/mol. The summed E-state index contributed by atoms with van der Waals surface area (Å²) in [7, 11) is 2.01. The van der Waals surface area contributed by atoms with Gasteiger partial charge in [0.2, 0.25) is 0 Å². The fraction of sp³-hybridized carbons (Fsp3) is 0.579. The molecule has 134 valence electrons. The van der Waals surface area contributed by atoms with Crippen molar-refractivity contribution in [1.82, 2.24) is 19.7 Å². The van der Waals surface area contributed by atoms with E-state index in [1.54, 1.807) is 31.5 Å². The number of piperidine rings is 1. The van der Waals surface area contributed by atoms with E-state index < -0.39 is 5.60 Å². The highest BCUT2D eigenvalue weighted by molar-refractivity contribution is 7.12. The Morgan fingerprint density at radius 1 is 1.32 bits per heavy atom. The highest BCUT2D eigenvalue weighted by atomic mass is 32.1. The van der Waals surface area contributed by atoms with Crippen molar-refractivity contribution < 1.29 is 5.11 Å². The van der Waals surface area contributed by atoms with E-state index in [1.165, 1.54) is 17.7 Å². The summed E-state index contributed by atoms with van der Waals surface area (Å²) < 4.78 is 2.02. The summed E-state index contributed by atoms with van der Waals surface area (Å²) in [6.45, 7) is 6.67. The lowest BCUT2D eigenvalue weighted by atomic mass is 9.93. The van der Waals surface area contributed by atoms with E-state index >= 15 is 0 Å². The van der Waals surface area contributed by atoms with Crippen LogP contribution in [0.2, 0.25) is 0 Å². The molecule has 0 saturated carbocycles. The number of aromatic nitrogens is 3. The number of nitrogens with zero attached hydrogens (tertiary/aromatic N) is 4. The second-order valence-electron chi connectivity index (χ2n) is 7.36. The van der Waals surface area contributed by atoms with Crippen LogP contribution in [-0.4, -0.2) is 43.5 Å². The van der Waals surface area contributed by atoms with Gasteiger partial charge >= 0.3 is 0 Å². The summed E-state index contributed by atoms with van der Waals surface area (Å²) in [5.74, 6) is 7.73. The van der Waals surface area contributed by atoms with Gasteiger partial charge in [0.05, 0.1) is 4.88 Å². The molecule has 2 aromatic rings. The molecule has 3 rings (SSSR count). The molecule has 1 N–H and O–H groups in total. The van der Waals surface area contributed by atoms with Crippen LogP contribution in [-0.2, 0) is 20.0 Å². The molecule has 0 spiro atoms. The van der Waals surface area contributed by atoms with Gasteiger partial charge in [0, 0.05) is 24.9 Å². The second-order valence-corrected chi connectivity index (χ2v) is 8.53. The SMILES string of the molecule is Cn1cnnc1CC1CCN(Cc2ccc(C#CC(C)(C)O)s2)CC1. The van der Waals surface area contributed by atoms with Gasteiger partial charge < -0.3 is 9.67 Å². The second kappa shape index (κ2) is 7.69. The van der Waals surface area contributed by atoms with Gasteiger partial charge in [-0.05, 0) is 57.8 Å². The number of likely N-dealkylation sites (tertiary alicyclic amines) is 1. The first-order valence-electron chi connectivity index (χ1n) is 8.78. The normalized spacial score (nSPS) is 16.6. The fourth-order valence-electron chi connectivity index (χ4n) is 3.06. The Morgan fingerprint density at radius 3 is 2.72 bits per heavy atom. The molecule has 1 aliphatic heterocycles. The van der Waals surface area contributed by atoms with Gasteiger partial charge in [0.15, 0.2) is 0 Å². The maximum Gasteiger partial charge on any atom is 0.132 e. The number of thiophene rings is 1. The Balaban J connectivity index is 1.48. The van der Waals surface area contributed by atoms with Crippen molar-refractivity contribution in [2.24, 2.45) is 13.0 Å². The zero-order chi connectivity index (χ0) is 17.9. The first-order chi connectivity index (χ1) is 11.9. The Bertz CT molecular complexity index is 754. The van der Waals surface area contributed by atoms with E-state index in [4.69, 9.17) is 0 Å². The number of aliphatic hydroxyl groups is 1. The highest BCUT2D eigenvalue weighted by Gasteiger charge is 2.21. The van der Waals surface area contributed by atoms with E-state index in [9.17, 15) is 5.11 Å². The third-order valence-corrected chi connectivity index (χ3v) is 5.50. The van der Waals surface area contributed by atoms with Crippen molar-refractivity contribution in [2.45, 2.75) is 45.3 Å². The molecule has 0 aliphatic carbocycles. The molecule has 25 heavy (non-hydrogen) atoms. The van der Waals surface area contributed by atoms with Crippen molar-refractivity contribution in [1.29, 1.82) is 0 Å². The molecule has 6 heteroatoms. The van der Waals surface area contributed by atoms with Crippen molar-refractivity contribution in [3.8, 4) is 11.8 Å². The van der Waals surface area contributed by atoms with E-state index in [1.807, 2.05) is 11.6 Å². The first kappa shape index (κ1) is 18.1. The van der Waals surface area contributed by atoms with Gasteiger partial charge in [0.25, 0.3) is 0 Å². The number of rotatable bonds is 4. The summed E-state index contributed by atoms with van der Waals surface area (Å²) >= 11 is 1.73. The van der Waals surface area contributed by atoms with E-state index in [2.05, 4.69) is 39.1 Å². The molecular formula is C19H26N4OS. The molecule has 1 saturated heterocycles. The molecule has 0 bridgehead atoms. The number of aryl methyl sites for hydroxylation is 1. The topological polar surface area (TPSA) is 54.2 Å². The minimum absolute atomic E-state index is 0.704. The molecule has 0 aromatic carbocycles. The molecule has 5 nitrogen and oxygen atoms in total. The predicted molar refractivity (Wildman–Crippen MR) is 100 cm³/mol. The van der Waals surface area contributed by atoms with Gasteiger partial charge in [-0.2, -0.15) is 0 Å². The summed E-state index contributed by atoms with van der Waals surface area (Å²) in [6.07, 6.45) is 5.23. The Labute approximate surface area is 153 Å². The lowest BCUT2D eigenvalue weighted by Crippen LogP contribution is -2.33. The first-order valence-corrected chi connectivity index (χ1v) is 9.60. The fourth-order valence-corrected chi connectivity index (χ4v) is 3.97. The van der Waals surface area contributed by atoms with Gasteiger partial charge in [-0.25, -0.2) is 0 Å². The van der Waals surface area contributed by atoms with Crippen LogP contribution in [0.4, 0.5) is 0 Å². The number of hydrogen-bond donors (Lipinski definition) is 1. The Morgan fingerprint density at radius 2 is 2.08 bits per heavy atom. The van der Waals surface area contributed by atoms with Crippen LogP contribution >= 0.6 is 11.3 Å². The zero-order valence-electron chi connectivity index (χ0n) is 15.2. The lowest BCUT2D eigenvalue weighted by Gasteiger charge is -2.31. The minimum atomic E-state index is -0.936. The molecule has 1 aliphatic rings. The van der Waals surface area contributed by atoms with E-state index in [0.717, 1.165) is 36.8 Å². The smallest absolute Gasteiger partial charge is 0.132 e. The highest BCUT2D eigenvalue weighted by Crippen LogP contribution is 2.24. The van der Waals surface area contributed by atoms with Crippen LogP contribution in [0.5, 0.6) is 0 Å². The molecule has 0 amide bonds. The number of hydrogen-bond acceptors (Lipinski definition) is 5. The summed E-state index contributed by atoms with van der Waals surface area (Å²) in [6, 6.07) is 4.21. The van der Waals surface area contributed by atoms with E-state index in [-0.39, 0.29) is 0 Å². The predicted octanol–water partition coefficient (Wildman–Crippen LogP) is 2.45. The maximum atomic E-state index is 9.69. The van der Waals surface area contributed by atoms with Crippen LogP contribution in [0.25, 0.3) is 0 Å². The van der Waals surface area contributed by atoms with Crippen molar-refractivity contribution in [3.05, 3.63) is 34.0 Å². The minimum Gasteiger partial charge on any atom is -0.378 e. The van der Waals surface area contributed by atoms with Crippen LogP contribution in [0.3, 0.4) is 0 Å². The van der Waals surface area contributed by atoms with E-state index in [0.29, 0.717) is 5.92 Å². The van der Waals surface area contributed by atoms with Crippen LogP contribution in [0.1, 0.15) is 42.3 Å². The van der Waals surface area contributed by atoms with Gasteiger partial charge in [-0.15, -0.1) is 21.5 Å². The molecule has 0 unspecified atom stereocenters. The van der Waals surface area contributed by atoms with Crippen molar-refractivity contribution >= 4 is 11.3 Å². The van der Waals surface area contributed by atoms with Gasteiger partial charge in [-0.3, -0.25) is 4.90 Å². The molecule has 0 atom stereocenters. The molecule has 2 aromatic heterocycles. The summed E-state index contributed by atoms with van der Waals surface area (Å²) in [5, 5.41) is 17.9. The average molecular weight is 359 g/mol. The molecule has 1 fully saturated rings. The largest absolute Gasteiger partial charge is 0.378 e. The van der Waals surface area contributed by atoms with Crippen molar-refractivity contribution in [3.63, 3.8) is 0 Å². The Kier molecular flexibility index (Phi) is 5.57. The molecule has 0 radical (unpaired) electrons. The summed E-state index contributed by atoms with van der Waals surface area (Å²) in [4.78, 5) is 4.88. The maximum absolute atomic E-state index is 9.69. The third-order valence-electron chi connectivity index (χ3n) is 4.52. The zero-order valence-corrected chi connectivity index (χ0v) is 16.0. The van der Waals surface area contributed by atoms with Crippen LogP contribution < -0.4 is 0 Å². The quantitative estimate of drug-likeness (QED) is 0.853. The van der Waals surface area contributed by atoms with Crippen molar-refractivity contribution in [2.75, 3.05) is 13.1 Å². The van der Waals surface area contributed by atoms with Gasteiger partial charge in [-0.1, -0.05) is 11.8 Å². The van der Waals surface area contributed by atoms with Crippen LogP contribution in [0.15, 0.2) is 18.5 Å². The monoisotopic (exact) mass is 358 g/mol. The average Bonchev–Trinajstić information content (AvgIpc) is 3.16. The molecule has 3 heterocycles. The Hall–Kier alpha value is -1.68. The lowest BCUT2D eigenvalue weighted by molar-refractivity contribution is 0.143. The summed E-state index contributed by atoms with van der Waals surface area (Å²) in [5.41, 5.74) is -0.936. The standard InChI is InChI=1S/C19H26N4OS/c1-19(2,24)9-6-16-4-5-17(25-16)13-23-10-7-15(8-11-23)12-18-21-20-14-22(18)3/h4-5,14-15,24H,7-8,10-13H2,1-3H3. The van der Waals surface area contributed by atoms with Gasteiger partial charge in [0.1, 0.15) is 17.8 Å². The third kappa shape index (κ3) is 5.40.